The first-order chi connectivity index (χ1) is 14.3. The minimum Gasteiger partial charge on any atom is -0.271 e. The van der Waals surface area contributed by atoms with E-state index < -0.39 is 22.5 Å². The summed E-state index contributed by atoms with van der Waals surface area (Å²) in [6.07, 6.45) is 0. The van der Waals surface area contributed by atoms with Crippen molar-refractivity contribution in [2.75, 3.05) is 10.8 Å². The Kier molecular flexibility index (Phi) is 7.14. The number of carbonyl (C=O) groups is 1. The van der Waals surface area contributed by atoms with Gasteiger partial charge in [0.25, 0.3) is 15.9 Å². The summed E-state index contributed by atoms with van der Waals surface area (Å²) in [6.45, 7) is 1.25. The van der Waals surface area contributed by atoms with Crippen molar-refractivity contribution in [3.8, 4) is 0 Å². The molecule has 1 aromatic heterocycles. The number of nitrogens with one attached hydrogen (secondary N) is 1. The highest BCUT2D eigenvalue weighted by Crippen LogP contribution is 2.29. The molecule has 0 aliphatic heterocycles. The van der Waals surface area contributed by atoms with E-state index in [9.17, 15) is 13.2 Å². The number of hydrogen-bond donors (Lipinski definition) is 1. The predicted octanol–water partition coefficient (Wildman–Crippen LogP) is 4.79. The second-order valence-corrected chi connectivity index (χ2v) is 9.84. The summed E-state index contributed by atoms with van der Waals surface area (Å²) in [6, 6.07) is 15.9. The van der Waals surface area contributed by atoms with Gasteiger partial charge in [-0.1, -0.05) is 47.5 Å². The van der Waals surface area contributed by atoms with Crippen LogP contribution in [-0.2, 0) is 14.8 Å². The van der Waals surface area contributed by atoms with Crippen molar-refractivity contribution < 1.29 is 13.2 Å². The van der Waals surface area contributed by atoms with Gasteiger partial charge in [-0.3, -0.25) is 9.10 Å². The zero-order valence-corrected chi connectivity index (χ0v) is 18.9. The number of hydrazone groups is 1. The van der Waals surface area contributed by atoms with Crippen LogP contribution < -0.4 is 9.73 Å². The summed E-state index contributed by atoms with van der Waals surface area (Å²) >= 11 is 13.6. The zero-order chi connectivity index (χ0) is 21.7. The lowest BCUT2D eigenvalue weighted by Crippen LogP contribution is -2.39. The Morgan fingerprint density at radius 3 is 2.33 bits per heavy atom. The second-order valence-electron chi connectivity index (χ2n) is 6.16. The quantitative estimate of drug-likeness (QED) is 0.389. The van der Waals surface area contributed by atoms with Crippen LogP contribution in [0.4, 0.5) is 5.69 Å². The van der Waals surface area contributed by atoms with Crippen molar-refractivity contribution in [3.05, 3.63) is 81.0 Å². The summed E-state index contributed by atoms with van der Waals surface area (Å²) in [5, 5.41) is 6.45. The molecule has 0 radical (unpaired) electrons. The SMILES string of the molecule is C/C(=N/NC(=O)CN(c1cc(Cl)cc(Cl)c1)S(=O)(=O)c1ccccc1)c1cccs1. The number of benzene rings is 2. The van der Waals surface area contributed by atoms with Gasteiger partial charge in [0.15, 0.2) is 0 Å². The first kappa shape index (κ1) is 22.3. The molecule has 0 bridgehead atoms. The van der Waals surface area contributed by atoms with Gasteiger partial charge in [0.1, 0.15) is 6.54 Å². The highest BCUT2D eigenvalue weighted by molar-refractivity contribution is 7.92. The van der Waals surface area contributed by atoms with Crippen LogP contribution in [0.2, 0.25) is 10.0 Å². The maximum atomic E-state index is 13.2. The lowest BCUT2D eigenvalue weighted by Gasteiger charge is -2.24. The molecule has 0 unspecified atom stereocenters. The van der Waals surface area contributed by atoms with Gasteiger partial charge in [0.2, 0.25) is 0 Å². The highest BCUT2D eigenvalue weighted by atomic mass is 35.5. The molecular formula is C20H17Cl2N3O3S2. The van der Waals surface area contributed by atoms with Crippen molar-refractivity contribution in [2.45, 2.75) is 11.8 Å². The lowest BCUT2D eigenvalue weighted by molar-refractivity contribution is -0.119. The fraction of sp³-hybridized carbons (Fsp3) is 0.100. The molecule has 0 aliphatic carbocycles. The second kappa shape index (κ2) is 9.61. The summed E-state index contributed by atoms with van der Waals surface area (Å²) in [7, 11) is -4.06. The van der Waals surface area contributed by atoms with E-state index in [2.05, 4.69) is 10.5 Å². The third-order valence-electron chi connectivity index (χ3n) is 3.98. The monoisotopic (exact) mass is 481 g/mol. The Hall–Kier alpha value is -2.39. The molecule has 0 spiro atoms. The van der Waals surface area contributed by atoms with Gasteiger partial charge in [0, 0.05) is 14.9 Å². The maximum Gasteiger partial charge on any atom is 0.264 e. The lowest BCUT2D eigenvalue weighted by atomic mass is 10.3. The van der Waals surface area contributed by atoms with E-state index in [-0.39, 0.29) is 20.6 Å². The minimum absolute atomic E-state index is 0.0344. The number of anilines is 1. The van der Waals surface area contributed by atoms with E-state index in [0.29, 0.717) is 5.71 Å². The van der Waals surface area contributed by atoms with Crippen molar-refractivity contribution in [1.82, 2.24) is 5.43 Å². The van der Waals surface area contributed by atoms with E-state index in [4.69, 9.17) is 23.2 Å². The number of amides is 1. The zero-order valence-electron chi connectivity index (χ0n) is 15.7. The molecule has 0 atom stereocenters. The van der Waals surface area contributed by atoms with Crippen LogP contribution in [0.3, 0.4) is 0 Å². The van der Waals surface area contributed by atoms with Gasteiger partial charge in [-0.05, 0) is 48.7 Å². The molecule has 1 amide bonds. The minimum atomic E-state index is -4.06. The normalized spacial score (nSPS) is 11.9. The van der Waals surface area contributed by atoms with Crippen LogP contribution in [-0.4, -0.2) is 26.6 Å². The number of nitrogens with zero attached hydrogens (tertiary/aromatic N) is 2. The topological polar surface area (TPSA) is 78.8 Å². The molecule has 0 saturated heterocycles. The Labute approximate surface area is 188 Å². The average molecular weight is 482 g/mol. The van der Waals surface area contributed by atoms with Crippen molar-refractivity contribution >= 4 is 61.9 Å². The van der Waals surface area contributed by atoms with E-state index >= 15 is 0 Å². The molecule has 0 fully saturated rings. The molecule has 0 saturated carbocycles. The largest absolute Gasteiger partial charge is 0.271 e. The van der Waals surface area contributed by atoms with Gasteiger partial charge < -0.3 is 0 Å². The van der Waals surface area contributed by atoms with E-state index in [0.717, 1.165) is 9.18 Å². The highest BCUT2D eigenvalue weighted by Gasteiger charge is 2.27. The molecule has 6 nitrogen and oxygen atoms in total. The van der Waals surface area contributed by atoms with Gasteiger partial charge in [-0.2, -0.15) is 5.10 Å². The molecule has 156 valence electrons. The molecule has 0 aliphatic rings. The van der Waals surface area contributed by atoms with E-state index in [1.807, 2.05) is 17.5 Å². The molecule has 2 aromatic carbocycles. The maximum absolute atomic E-state index is 13.2. The van der Waals surface area contributed by atoms with Crippen molar-refractivity contribution in [1.29, 1.82) is 0 Å². The van der Waals surface area contributed by atoms with Gasteiger partial charge in [-0.25, -0.2) is 13.8 Å². The van der Waals surface area contributed by atoms with Crippen LogP contribution in [0.5, 0.6) is 0 Å². The van der Waals surface area contributed by atoms with Crippen LogP contribution in [0, 0.1) is 0 Å². The Balaban J connectivity index is 1.92. The Morgan fingerprint density at radius 2 is 1.73 bits per heavy atom. The summed E-state index contributed by atoms with van der Waals surface area (Å²) in [5.41, 5.74) is 3.19. The molecule has 1 heterocycles. The molecule has 3 rings (SSSR count). The van der Waals surface area contributed by atoms with Crippen LogP contribution >= 0.6 is 34.5 Å². The molecular weight excluding hydrogens is 465 g/mol. The first-order valence-electron chi connectivity index (χ1n) is 8.68. The van der Waals surface area contributed by atoms with Crippen LogP contribution in [0.15, 0.2) is 76.0 Å². The van der Waals surface area contributed by atoms with Gasteiger partial charge >= 0.3 is 0 Å². The van der Waals surface area contributed by atoms with Gasteiger partial charge in [-0.15, -0.1) is 11.3 Å². The molecule has 1 N–H and O–H groups in total. The predicted molar refractivity (Wildman–Crippen MR) is 122 cm³/mol. The number of rotatable bonds is 7. The Bertz CT molecular complexity index is 1150. The number of halogens is 2. The fourth-order valence-corrected chi connectivity index (χ4v) is 5.19. The first-order valence-corrected chi connectivity index (χ1v) is 11.8. The van der Waals surface area contributed by atoms with E-state index in [1.165, 1.54) is 41.7 Å². The fourth-order valence-electron chi connectivity index (χ4n) is 2.57. The van der Waals surface area contributed by atoms with Gasteiger partial charge in [0.05, 0.1) is 16.3 Å². The molecule has 30 heavy (non-hydrogen) atoms. The summed E-state index contributed by atoms with van der Waals surface area (Å²) in [5.74, 6) is -0.610. The van der Waals surface area contributed by atoms with E-state index in [1.54, 1.807) is 25.1 Å². The van der Waals surface area contributed by atoms with Crippen LogP contribution in [0.25, 0.3) is 0 Å². The van der Waals surface area contributed by atoms with Crippen molar-refractivity contribution in [3.63, 3.8) is 0 Å². The molecule has 3 aromatic rings. The molecule has 10 heteroatoms. The number of thiophene rings is 1. The standard InChI is InChI=1S/C20H17Cl2N3O3S2/c1-14(19-8-5-9-29-19)23-24-20(26)13-25(17-11-15(21)10-16(22)12-17)30(27,28)18-6-3-2-4-7-18/h2-12H,13H2,1H3,(H,24,26)/b23-14-. The summed E-state index contributed by atoms with van der Waals surface area (Å²) in [4.78, 5) is 13.5. The Morgan fingerprint density at radius 1 is 1.07 bits per heavy atom. The third kappa shape index (κ3) is 5.40. The van der Waals surface area contributed by atoms with Crippen LogP contribution in [0.1, 0.15) is 11.8 Å². The smallest absolute Gasteiger partial charge is 0.264 e. The number of carbonyl (C=O) groups excluding carboxylic acids is 1. The number of sulfonamides is 1. The number of hydrogen-bond acceptors (Lipinski definition) is 5. The van der Waals surface area contributed by atoms with Crippen molar-refractivity contribution in [2.24, 2.45) is 5.10 Å². The average Bonchev–Trinajstić information content (AvgIpc) is 3.25. The third-order valence-corrected chi connectivity index (χ3v) is 7.18. The summed E-state index contributed by atoms with van der Waals surface area (Å²) < 4.78 is 27.4.